The van der Waals surface area contributed by atoms with Gasteiger partial charge in [0.25, 0.3) is 0 Å². The highest BCUT2D eigenvalue weighted by Crippen LogP contribution is 2.51. The fourth-order valence-corrected chi connectivity index (χ4v) is 7.41. The molecule has 7 atom stereocenters. The van der Waals surface area contributed by atoms with Crippen LogP contribution in [0, 0.1) is 17.8 Å². The van der Waals surface area contributed by atoms with Crippen LogP contribution in [-0.4, -0.2) is 77.7 Å². The van der Waals surface area contributed by atoms with Gasteiger partial charge in [-0.2, -0.15) is 0 Å². The number of methoxy groups -OCH3 is 1. The standard InChI is InChI=1S/C34H62O7Si2/c1-15-26(20-35)29(36)28(23-39-42(11,12)32(3,4)5)31(41-43(13,14)33(6,7)8)34(9)30(40-34)24(2)21-38-22-25-16-18-27(37-10)19-17-25/h15-19,24,26,28-31,35-36H,1,20-23H2,2-14H3/t24-,26+,28-,29+,30+,31-,34+/m0/s1. The normalized spacial score (nSPS) is 23.3. The first-order chi connectivity index (χ1) is 19.6. The summed E-state index contributed by atoms with van der Waals surface area (Å²) in [4.78, 5) is 0. The lowest BCUT2D eigenvalue weighted by Gasteiger charge is -2.46. The highest BCUT2D eigenvalue weighted by molar-refractivity contribution is 6.74. The van der Waals surface area contributed by atoms with E-state index in [0.717, 1.165) is 11.3 Å². The Morgan fingerprint density at radius 3 is 2.02 bits per heavy atom. The monoisotopic (exact) mass is 638 g/mol. The van der Waals surface area contributed by atoms with E-state index in [9.17, 15) is 10.2 Å². The summed E-state index contributed by atoms with van der Waals surface area (Å²) in [7, 11) is -2.82. The maximum Gasteiger partial charge on any atom is 0.192 e. The van der Waals surface area contributed by atoms with E-state index < -0.39 is 46.3 Å². The van der Waals surface area contributed by atoms with E-state index in [2.05, 4.69) is 88.2 Å². The van der Waals surface area contributed by atoms with Crippen LogP contribution in [-0.2, 0) is 24.9 Å². The number of hydrogen-bond donors (Lipinski definition) is 2. The Balaban J connectivity index is 2.37. The molecule has 0 radical (unpaired) electrons. The van der Waals surface area contributed by atoms with Gasteiger partial charge in [-0.15, -0.1) is 6.58 Å². The third-order valence-corrected chi connectivity index (χ3v) is 19.2. The van der Waals surface area contributed by atoms with E-state index in [4.69, 9.17) is 23.1 Å². The molecule has 0 saturated carbocycles. The molecule has 1 heterocycles. The molecule has 7 nitrogen and oxygen atoms in total. The van der Waals surface area contributed by atoms with E-state index in [1.807, 2.05) is 24.3 Å². The molecule has 1 aromatic carbocycles. The third kappa shape index (κ3) is 9.48. The minimum atomic E-state index is -2.32. The van der Waals surface area contributed by atoms with Gasteiger partial charge in [0.05, 0.1) is 45.2 Å². The van der Waals surface area contributed by atoms with Crippen molar-refractivity contribution in [3.05, 3.63) is 42.5 Å². The lowest BCUT2D eigenvalue weighted by atomic mass is 9.80. The number of aliphatic hydroxyl groups excluding tert-OH is 2. The molecule has 43 heavy (non-hydrogen) atoms. The number of benzene rings is 1. The van der Waals surface area contributed by atoms with E-state index in [-0.39, 0.29) is 28.7 Å². The van der Waals surface area contributed by atoms with E-state index in [0.29, 0.717) is 19.8 Å². The van der Waals surface area contributed by atoms with Crippen molar-refractivity contribution < 1.29 is 33.3 Å². The summed E-state index contributed by atoms with van der Waals surface area (Å²) in [6.45, 7) is 31.5. The van der Waals surface area contributed by atoms with Crippen LogP contribution < -0.4 is 4.74 Å². The van der Waals surface area contributed by atoms with Crippen LogP contribution >= 0.6 is 0 Å². The number of epoxide rings is 1. The van der Waals surface area contributed by atoms with Gasteiger partial charge >= 0.3 is 0 Å². The van der Waals surface area contributed by atoms with Crippen molar-refractivity contribution >= 4 is 16.6 Å². The van der Waals surface area contributed by atoms with Crippen LogP contribution in [0.4, 0.5) is 0 Å². The summed E-state index contributed by atoms with van der Waals surface area (Å²) in [5.41, 5.74) is 0.430. The summed E-state index contributed by atoms with van der Waals surface area (Å²) >= 11 is 0. The molecule has 1 aliphatic heterocycles. The minimum absolute atomic E-state index is 0.00532. The van der Waals surface area contributed by atoms with Gasteiger partial charge in [0.15, 0.2) is 16.6 Å². The van der Waals surface area contributed by atoms with Crippen molar-refractivity contribution in [2.45, 2.75) is 122 Å². The number of ether oxygens (including phenoxy) is 3. The molecule has 1 aliphatic rings. The Hall–Kier alpha value is -1.05. The third-order valence-electron chi connectivity index (χ3n) is 10.2. The van der Waals surface area contributed by atoms with Gasteiger partial charge in [-0.1, -0.05) is 66.7 Å². The molecule has 0 bridgehead atoms. The zero-order chi connectivity index (χ0) is 33.0. The second-order valence-electron chi connectivity index (χ2n) is 15.7. The van der Waals surface area contributed by atoms with Gasteiger partial charge in [0.1, 0.15) is 11.4 Å². The second-order valence-corrected chi connectivity index (χ2v) is 25.2. The van der Waals surface area contributed by atoms with Crippen LogP contribution in [0.1, 0.15) is 61.0 Å². The SMILES string of the molecule is C=C[C@H](CO)[C@@H](O)[C@H](CO[Si](C)(C)C(C)(C)C)[C@H](O[Si](C)(C)C(C)(C)C)[C@]1(C)O[C@@H]1[C@@H](C)COCc1ccc(OC)cc1. The predicted octanol–water partition coefficient (Wildman–Crippen LogP) is 7.19. The molecule has 9 heteroatoms. The van der Waals surface area contributed by atoms with Crippen LogP contribution in [0.5, 0.6) is 5.75 Å². The average molecular weight is 639 g/mol. The van der Waals surface area contributed by atoms with Gasteiger partial charge in [0, 0.05) is 24.4 Å². The quantitative estimate of drug-likeness (QED) is 0.106. The van der Waals surface area contributed by atoms with E-state index in [1.54, 1.807) is 13.2 Å². The molecular formula is C34H62O7Si2. The minimum Gasteiger partial charge on any atom is -0.497 e. The molecule has 0 aliphatic carbocycles. The molecule has 1 saturated heterocycles. The largest absolute Gasteiger partial charge is 0.497 e. The molecule has 1 aromatic rings. The molecule has 0 aromatic heterocycles. The van der Waals surface area contributed by atoms with Crippen molar-refractivity contribution in [1.82, 2.24) is 0 Å². The summed E-state index contributed by atoms with van der Waals surface area (Å²) in [6.07, 6.45) is 0.162. The highest BCUT2D eigenvalue weighted by atomic mass is 28.4. The molecular weight excluding hydrogens is 577 g/mol. The van der Waals surface area contributed by atoms with Crippen LogP contribution in [0.25, 0.3) is 0 Å². The number of aliphatic hydroxyl groups is 2. The molecule has 0 spiro atoms. The number of rotatable bonds is 17. The maximum absolute atomic E-state index is 11.8. The van der Waals surface area contributed by atoms with Gasteiger partial charge in [-0.25, -0.2) is 0 Å². The van der Waals surface area contributed by atoms with Gasteiger partial charge in [-0.3, -0.25) is 0 Å². The fraction of sp³-hybridized carbons (Fsp3) is 0.765. The summed E-state index contributed by atoms with van der Waals surface area (Å²) in [5.74, 6) is -0.0208. The maximum atomic E-state index is 11.8. The lowest BCUT2D eigenvalue weighted by Crippen LogP contribution is -2.56. The van der Waals surface area contributed by atoms with Gasteiger partial charge in [0.2, 0.25) is 0 Å². The molecule has 0 amide bonds. The van der Waals surface area contributed by atoms with E-state index >= 15 is 0 Å². The highest BCUT2D eigenvalue weighted by Gasteiger charge is 2.64. The van der Waals surface area contributed by atoms with Crippen molar-refractivity contribution in [1.29, 1.82) is 0 Å². The van der Waals surface area contributed by atoms with Crippen LogP contribution in [0.2, 0.25) is 36.3 Å². The second kappa shape index (κ2) is 14.6. The zero-order valence-electron chi connectivity index (χ0n) is 29.3. The Morgan fingerprint density at radius 2 is 1.56 bits per heavy atom. The Morgan fingerprint density at radius 1 is 1.00 bits per heavy atom. The molecule has 2 N–H and O–H groups in total. The predicted molar refractivity (Wildman–Crippen MR) is 181 cm³/mol. The smallest absolute Gasteiger partial charge is 0.192 e. The zero-order valence-corrected chi connectivity index (χ0v) is 31.3. The average Bonchev–Trinajstić information content (AvgIpc) is 3.60. The van der Waals surface area contributed by atoms with Gasteiger partial charge in [-0.05, 0) is 60.9 Å². The van der Waals surface area contributed by atoms with Gasteiger partial charge < -0.3 is 33.3 Å². The first-order valence-corrected chi connectivity index (χ1v) is 21.6. The number of hydrogen-bond acceptors (Lipinski definition) is 7. The fourth-order valence-electron chi connectivity index (χ4n) is 4.97. The Bertz CT molecular complexity index is 1020. The summed E-state index contributed by atoms with van der Waals surface area (Å²) < 4.78 is 31.9. The topological polar surface area (TPSA) is 89.9 Å². The van der Waals surface area contributed by atoms with Crippen molar-refractivity contribution in [2.24, 2.45) is 17.8 Å². The molecule has 1 fully saturated rings. The van der Waals surface area contributed by atoms with Crippen molar-refractivity contribution in [2.75, 3.05) is 26.9 Å². The summed E-state index contributed by atoms with van der Waals surface area (Å²) in [5, 5.41) is 21.9. The lowest BCUT2D eigenvalue weighted by molar-refractivity contribution is -0.0597. The molecule has 2 rings (SSSR count). The summed E-state index contributed by atoms with van der Waals surface area (Å²) in [6, 6.07) is 7.89. The first kappa shape index (κ1) is 38.1. The Labute approximate surface area is 264 Å². The first-order valence-electron chi connectivity index (χ1n) is 15.8. The van der Waals surface area contributed by atoms with Crippen LogP contribution in [0.3, 0.4) is 0 Å². The van der Waals surface area contributed by atoms with E-state index in [1.165, 1.54) is 0 Å². The molecule has 0 unspecified atom stereocenters. The van der Waals surface area contributed by atoms with Crippen molar-refractivity contribution in [3.63, 3.8) is 0 Å². The van der Waals surface area contributed by atoms with Crippen LogP contribution in [0.15, 0.2) is 36.9 Å². The van der Waals surface area contributed by atoms with Crippen molar-refractivity contribution in [3.8, 4) is 5.75 Å². The Kier molecular flexibility index (Phi) is 12.9. The molecule has 248 valence electrons.